The minimum atomic E-state index is 0.621. The highest BCUT2D eigenvalue weighted by atomic mass is 15.2. The summed E-state index contributed by atoms with van der Waals surface area (Å²) in [6, 6.07) is 0. The highest BCUT2D eigenvalue weighted by molar-refractivity contribution is 4.88. The van der Waals surface area contributed by atoms with Crippen LogP contribution in [0.2, 0.25) is 0 Å². The van der Waals surface area contributed by atoms with Gasteiger partial charge in [-0.05, 0) is 44.8 Å². The topological polar surface area (TPSA) is 18.5 Å². The van der Waals surface area contributed by atoms with E-state index in [1.165, 1.54) is 71.5 Å². The van der Waals surface area contributed by atoms with E-state index in [0.29, 0.717) is 5.41 Å². The van der Waals surface area contributed by atoms with Gasteiger partial charge in [-0.25, -0.2) is 0 Å². The number of piperidine rings is 1. The highest BCUT2D eigenvalue weighted by Crippen LogP contribution is 2.35. The van der Waals surface area contributed by atoms with E-state index in [9.17, 15) is 0 Å². The van der Waals surface area contributed by atoms with Gasteiger partial charge < -0.3 is 15.1 Å². The predicted octanol–water partition coefficient (Wildman–Crippen LogP) is 1.40. The summed E-state index contributed by atoms with van der Waals surface area (Å²) in [4.78, 5) is 5.16. The molecule has 0 spiro atoms. The first-order valence-electron chi connectivity index (χ1n) is 7.36. The van der Waals surface area contributed by atoms with Gasteiger partial charge in [-0.1, -0.05) is 13.3 Å². The smallest absolute Gasteiger partial charge is 0.0110 e. The van der Waals surface area contributed by atoms with Gasteiger partial charge in [-0.15, -0.1) is 0 Å². The Balaban J connectivity index is 1.88. The first kappa shape index (κ1) is 13.3. The minimum absolute atomic E-state index is 0.621. The Labute approximate surface area is 107 Å². The number of piperazine rings is 1. The average Bonchev–Trinajstić information content (AvgIpc) is 2.34. The lowest BCUT2D eigenvalue weighted by Gasteiger charge is -2.43. The second-order valence-corrected chi connectivity index (χ2v) is 6.08. The van der Waals surface area contributed by atoms with Gasteiger partial charge in [0.15, 0.2) is 0 Å². The van der Waals surface area contributed by atoms with Gasteiger partial charge in [0.05, 0.1) is 0 Å². The van der Waals surface area contributed by atoms with Crippen LogP contribution in [0.1, 0.15) is 32.6 Å². The molecule has 2 heterocycles. The molecule has 1 N–H and O–H groups in total. The molecule has 0 aromatic rings. The Kier molecular flexibility index (Phi) is 4.83. The van der Waals surface area contributed by atoms with Crippen molar-refractivity contribution in [1.29, 1.82) is 0 Å². The van der Waals surface area contributed by atoms with Crippen LogP contribution in [-0.4, -0.2) is 62.7 Å². The third-order valence-electron chi connectivity index (χ3n) is 4.60. The summed E-state index contributed by atoms with van der Waals surface area (Å²) >= 11 is 0. The number of hydrogen-bond donors (Lipinski definition) is 1. The SMILES string of the molecule is CCCC1(CN2CCN(C)CC2)CCNCC1. The van der Waals surface area contributed by atoms with Crippen LogP contribution in [0.5, 0.6) is 0 Å². The van der Waals surface area contributed by atoms with Crippen LogP contribution in [0, 0.1) is 5.41 Å². The quantitative estimate of drug-likeness (QED) is 0.800. The Bertz CT molecular complexity index is 210. The number of hydrogen-bond acceptors (Lipinski definition) is 3. The Morgan fingerprint density at radius 2 is 1.71 bits per heavy atom. The maximum Gasteiger partial charge on any atom is 0.0110 e. The molecular weight excluding hydrogens is 210 g/mol. The standard InChI is InChI=1S/C14H29N3/c1-3-4-14(5-7-15-8-6-14)13-17-11-9-16(2)10-12-17/h15H,3-13H2,1-2H3. The van der Waals surface area contributed by atoms with Crippen LogP contribution in [0.25, 0.3) is 0 Å². The zero-order chi connectivity index (χ0) is 12.1. The van der Waals surface area contributed by atoms with Gasteiger partial charge in [-0.3, -0.25) is 0 Å². The largest absolute Gasteiger partial charge is 0.317 e. The van der Waals surface area contributed by atoms with Crippen LogP contribution < -0.4 is 5.32 Å². The number of likely N-dealkylation sites (N-methyl/N-ethyl adjacent to an activating group) is 1. The van der Waals surface area contributed by atoms with Crippen molar-refractivity contribution in [2.75, 3.05) is 52.9 Å². The van der Waals surface area contributed by atoms with Gasteiger partial charge in [0.25, 0.3) is 0 Å². The zero-order valence-corrected chi connectivity index (χ0v) is 11.7. The summed E-state index contributed by atoms with van der Waals surface area (Å²) in [5, 5.41) is 3.52. The van der Waals surface area contributed by atoms with Crippen LogP contribution in [0.15, 0.2) is 0 Å². The summed E-state index contributed by atoms with van der Waals surface area (Å²) in [5.41, 5.74) is 0.621. The molecule has 2 fully saturated rings. The van der Waals surface area contributed by atoms with Crippen molar-refractivity contribution in [2.45, 2.75) is 32.6 Å². The first-order valence-corrected chi connectivity index (χ1v) is 7.36. The molecule has 17 heavy (non-hydrogen) atoms. The third kappa shape index (κ3) is 3.67. The van der Waals surface area contributed by atoms with E-state index in [0.717, 1.165) is 0 Å². The van der Waals surface area contributed by atoms with Crippen LogP contribution >= 0.6 is 0 Å². The molecule has 0 amide bonds. The zero-order valence-electron chi connectivity index (χ0n) is 11.7. The lowest BCUT2D eigenvalue weighted by atomic mass is 9.75. The monoisotopic (exact) mass is 239 g/mol. The molecule has 3 heteroatoms. The van der Waals surface area contributed by atoms with E-state index in [2.05, 4.69) is 29.1 Å². The van der Waals surface area contributed by atoms with Crippen molar-refractivity contribution in [3.63, 3.8) is 0 Å². The van der Waals surface area contributed by atoms with Gasteiger partial charge in [0.2, 0.25) is 0 Å². The maximum atomic E-state index is 3.52. The van der Waals surface area contributed by atoms with Crippen molar-refractivity contribution in [1.82, 2.24) is 15.1 Å². The van der Waals surface area contributed by atoms with Crippen LogP contribution in [0.4, 0.5) is 0 Å². The molecule has 0 aromatic carbocycles. The van der Waals surface area contributed by atoms with Crippen molar-refractivity contribution in [2.24, 2.45) is 5.41 Å². The van der Waals surface area contributed by atoms with Crippen molar-refractivity contribution >= 4 is 0 Å². The molecule has 2 rings (SSSR count). The summed E-state index contributed by atoms with van der Waals surface area (Å²) in [7, 11) is 2.24. The van der Waals surface area contributed by atoms with E-state index in [-0.39, 0.29) is 0 Å². The fraction of sp³-hybridized carbons (Fsp3) is 1.00. The average molecular weight is 239 g/mol. The predicted molar refractivity (Wildman–Crippen MR) is 73.4 cm³/mol. The Morgan fingerprint density at radius 3 is 2.29 bits per heavy atom. The minimum Gasteiger partial charge on any atom is -0.317 e. The summed E-state index contributed by atoms with van der Waals surface area (Å²) in [6.45, 7) is 11.2. The van der Waals surface area contributed by atoms with E-state index >= 15 is 0 Å². The Hall–Kier alpha value is -0.120. The fourth-order valence-electron chi connectivity index (χ4n) is 3.45. The van der Waals surface area contributed by atoms with E-state index < -0.39 is 0 Å². The molecule has 100 valence electrons. The van der Waals surface area contributed by atoms with Crippen LogP contribution in [-0.2, 0) is 0 Å². The highest BCUT2D eigenvalue weighted by Gasteiger charge is 2.33. The van der Waals surface area contributed by atoms with Gasteiger partial charge in [0, 0.05) is 32.7 Å². The molecule has 0 aromatic heterocycles. The van der Waals surface area contributed by atoms with Gasteiger partial charge in [0.1, 0.15) is 0 Å². The first-order chi connectivity index (χ1) is 8.24. The molecule has 0 radical (unpaired) electrons. The fourth-order valence-corrected chi connectivity index (χ4v) is 3.45. The number of rotatable bonds is 4. The molecule has 0 bridgehead atoms. The van der Waals surface area contributed by atoms with E-state index in [1.54, 1.807) is 0 Å². The molecule has 0 aliphatic carbocycles. The summed E-state index contributed by atoms with van der Waals surface area (Å²) < 4.78 is 0. The molecule has 2 aliphatic heterocycles. The molecular formula is C14H29N3. The van der Waals surface area contributed by atoms with Crippen molar-refractivity contribution < 1.29 is 0 Å². The van der Waals surface area contributed by atoms with Gasteiger partial charge in [-0.2, -0.15) is 0 Å². The van der Waals surface area contributed by atoms with Gasteiger partial charge >= 0.3 is 0 Å². The summed E-state index contributed by atoms with van der Waals surface area (Å²) in [6.07, 6.45) is 5.52. The second kappa shape index (κ2) is 6.17. The molecule has 0 unspecified atom stereocenters. The number of nitrogens with zero attached hydrogens (tertiary/aromatic N) is 2. The normalized spacial score (nSPS) is 27.2. The maximum absolute atomic E-state index is 3.52. The molecule has 3 nitrogen and oxygen atoms in total. The lowest BCUT2D eigenvalue weighted by Crippen LogP contribution is -2.50. The Morgan fingerprint density at radius 1 is 1.06 bits per heavy atom. The molecule has 0 atom stereocenters. The number of nitrogens with one attached hydrogen (secondary N) is 1. The summed E-state index contributed by atoms with van der Waals surface area (Å²) in [5.74, 6) is 0. The van der Waals surface area contributed by atoms with E-state index in [1.807, 2.05) is 0 Å². The molecule has 2 aliphatic rings. The van der Waals surface area contributed by atoms with Crippen molar-refractivity contribution in [3.05, 3.63) is 0 Å². The lowest BCUT2D eigenvalue weighted by molar-refractivity contribution is 0.0680. The third-order valence-corrected chi connectivity index (χ3v) is 4.60. The van der Waals surface area contributed by atoms with E-state index in [4.69, 9.17) is 0 Å². The molecule has 0 saturated carbocycles. The van der Waals surface area contributed by atoms with Crippen molar-refractivity contribution in [3.8, 4) is 0 Å². The second-order valence-electron chi connectivity index (χ2n) is 6.08. The van der Waals surface area contributed by atoms with Crippen LogP contribution in [0.3, 0.4) is 0 Å². The molecule has 2 saturated heterocycles.